The first-order chi connectivity index (χ1) is 11.4. The Labute approximate surface area is 148 Å². The minimum Gasteiger partial charge on any atom is -0.351 e. The second-order valence-corrected chi connectivity index (χ2v) is 9.86. The van der Waals surface area contributed by atoms with Crippen LogP contribution in [0.2, 0.25) is 0 Å². The van der Waals surface area contributed by atoms with Gasteiger partial charge in [-0.3, -0.25) is 4.99 Å². The van der Waals surface area contributed by atoms with Crippen LogP contribution in [0.4, 0.5) is 0 Å². The molecule has 0 atom stereocenters. The van der Waals surface area contributed by atoms with Crippen LogP contribution in [0.1, 0.15) is 43.4 Å². The molecule has 1 aromatic heterocycles. The molecule has 0 bridgehead atoms. The van der Waals surface area contributed by atoms with Crippen molar-refractivity contribution < 1.29 is 8.42 Å². The van der Waals surface area contributed by atoms with Crippen molar-refractivity contribution in [3.05, 3.63) is 17.0 Å². The lowest BCUT2D eigenvalue weighted by Gasteiger charge is -2.33. The average Bonchev–Trinajstić information content (AvgIpc) is 3.17. The predicted molar refractivity (Wildman–Crippen MR) is 97.6 cm³/mol. The molecule has 2 fully saturated rings. The number of primary sulfonamides is 1. The summed E-state index contributed by atoms with van der Waals surface area (Å²) in [6.45, 7) is 2.70. The maximum absolute atomic E-state index is 11.4. The Hall–Kier alpha value is -1.12. The third-order valence-electron chi connectivity index (χ3n) is 5.20. The Morgan fingerprint density at radius 2 is 2.08 bits per heavy atom. The van der Waals surface area contributed by atoms with Gasteiger partial charge in [-0.15, -0.1) is 11.3 Å². The summed E-state index contributed by atoms with van der Waals surface area (Å²) >= 11 is 1.21. The van der Waals surface area contributed by atoms with E-state index in [9.17, 15) is 8.42 Å². The highest BCUT2D eigenvalue weighted by atomic mass is 32.2. The minimum atomic E-state index is -3.61. The number of nitrogens with one attached hydrogen (secondary N) is 1. The molecule has 1 aliphatic carbocycles. The van der Waals surface area contributed by atoms with Crippen LogP contribution in [-0.4, -0.2) is 39.4 Å². The van der Waals surface area contributed by atoms with E-state index in [-0.39, 0.29) is 4.21 Å². The van der Waals surface area contributed by atoms with Gasteiger partial charge in [-0.25, -0.2) is 13.6 Å². The van der Waals surface area contributed by atoms with Gasteiger partial charge in [-0.1, -0.05) is 19.3 Å². The van der Waals surface area contributed by atoms with Crippen molar-refractivity contribution in [1.82, 2.24) is 10.2 Å². The van der Waals surface area contributed by atoms with Gasteiger partial charge in [0.1, 0.15) is 4.21 Å². The van der Waals surface area contributed by atoms with Gasteiger partial charge in [-0.05, 0) is 36.8 Å². The van der Waals surface area contributed by atoms with Crippen molar-refractivity contribution in [2.45, 2.75) is 49.3 Å². The number of guanidine groups is 1. The number of hydrogen-bond acceptors (Lipinski definition) is 4. The van der Waals surface area contributed by atoms with Crippen molar-refractivity contribution in [3.63, 3.8) is 0 Å². The molecule has 1 aromatic rings. The predicted octanol–water partition coefficient (Wildman–Crippen LogP) is 2.13. The lowest BCUT2D eigenvalue weighted by molar-refractivity contribution is 0.203. The highest BCUT2D eigenvalue weighted by Crippen LogP contribution is 2.43. The van der Waals surface area contributed by atoms with Crippen LogP contribution in [0.3, 0.4) is 0 Å². The standard InChI is InChI=1S/C16H26N4O2S2/c1-18-15(19-11-13-5-6-14(23-13)24(17,21)22)20-10-9-16(12-20)7-3-2-4-8-16/h5-6H,2-4,7-12H2,1H3,(H,18,19)(H2,17,21,22). The molecule has 0 unspecified atom stereocenters. The SMILES string of the molecule is CN=C(NCc1ccc(S(N)(=O)=O)s1)N1CCC2(CCCCC2)C1. The first-order valence-corrected chi connectivity index (χ1v) is 10.9. The van der Waals surface area contributed by atoms with E-state index in [4.69, 9.17) is 5.14 Å². The fraction of sp³-hybridized carbons (Fsp3) is 0.688. The van der Waals surface area contributed by atoms with Crippen LogP contribution in [0.15, 0.2) is 21.3 Å². The molecule has 134 valence electrons. The largest absolute Gasteiger partial charge is 0.351 e. The molecule has 2 heterocycles. The third-order valence-corrected chi connectivity index (χ3v) is 7.73. The number of sulfonamides is 1. The van der Waals surface area contributed by atoms with Crippen molar-refractivity contribution in [3.8, 4) is 0 Å². The molecule has 1 spiro atoms. The zero-order valence-corrected chi connectivity index (χ0v) is 15.8. The number of aliphatic imine (C=N–C) groups is 1. The first-order valence-electron chi connectivity index (χ1n) is 8.49. The van der Waals surface area contributed by atoms with E-state index in [1.54, 1.807) is 19.2 Å². The molecule has 8 heteroatoms. The molecule has 0 radical (unpaired) electrons. The van der Waals surface area contributed by atoms with E-state index in [0.29, 0.717) is 12.0 Å². The summed E-state index contributed by atoms with van der Waals surface area (Å²) in [7, 11) is -1.81. The molecular weight excluding hydrogens is 344 g/mol. The summed E-state index contributed by atoms with van der Waals surface area (Å²) in [6.07, 6.45) is 8.00. The summed E-state index contributed by atoms with van der Waals surface area (Å²) in [6, 6.07) is 3.37. The van der Waals surface area contributed by atoms with Gasteiger partial charge in [0.25, 0.3) is 0 Å². The third kappa shape index (κ3) is 3.92. The van der Waals surface area contributed by atoms with Crippen LogP contribution < -0.4 is 10.5 Å². The van der Waals surface area contributed by atoms with E-state index in [1.165, 1.54) is 49.9 Å². The highest BCUT2D eigenvalue weighted by Gasteiger charge is 2.39. The maximum atomic E-state index is 11.4. The van der Waals surface area contributed by atoms with E-state index in [0.717, 1.165) is 23.9 Å². The highest BCUT2D eigenvalue weighted by molar-refractivity contribution is 7.91. The van der Waals surface area contributed by atoms with Gasteiger partial charge in [0.2, 0.25) is 10.0 Å². The molecule has 2 aliphatic rings. The zero-order chi connectivity index (χ0) is 17.2. The molecule has 3 rings (SSSR count). The summed E-state index contributed by atoms with van der Waals surface area (Å²) in [5.41, 5.74) is 0.486. The van der Waals surface area contributed by atoms with E-state index in [2.05, 4.69) is 15.2 Å². The fourth-order valence-corrected chi connectivity index (χ4v) is 5.65. The normalized spacial score (nSPS) is 21.4. The number of likely N-dealkylation sites (tertiary alicyclic amines) is 1. The van der Waals surface area contributed by atoms with Crippen molar-refractivity contribution in [2.75, 3.05) is 20.1 Å². The van der Waals surface area contributed by atoms with Crippen molar-refractivity contribution >= 4 is 27.3 Å². The smallest absolute Gasteiger partial charge is 0.247 e. The van der Waals surface area contributed by atoms with Crippen LogP contribution >= 0.6 is 11.3 Å². The van der Waals surface area contributed by atoms with E-state index >= 15 is 0 Å². The molecule has 0 amide bonds. The molecule has 3 N–H and O–H groups in total. The van der Waals surface area contributed by atoms with Crippen LogP contribution in [0, 0.1) is 5.41 Å². The zero-order valence-electron chi connectivity index (χ0n) is 14.1. The van der Waals surface area contributed by atoms with Gasteiger partial charge >= 0.3 is 0 Å². The van der Waals surface area contributed by atoms with Gasteiger partial charge in [0.05, 0.1) is 6.54 Å². The molecule has 24 heavy (non-hydrogen) atoms. The number of rotatable bonds is 3. The minimum absolute atomic E-state index is 0.205. The van der Waals surface area contributed by atoms with Crippen LogP contribution in [0.25, 0.3) is 0 Å². The topological polar surface area (TPSA) is 87.8 Å². The van der Waals surface area contributed by atoms with E-state index < -0.39 is 10.0 Å². The molecular formula is C16H26N4O2S2. The number of thiophene rings is 1. The Balaban J connectivity index is 1.59. The summed E-state index contributed by atoms with van der Waals surface area (Å²) < 4.78 is 22.9. The molecule has 0 aromatic carbocycles. The second kappa shape index (κ2) is 7.01. The van der Waals surface area contributed by atoms with Gasteiger partial charge in [0, 0.05) is 25.0 Å². The quantitative estimate of drug-likeness (QED) is 0.630. The summed E-state index contributed by atoms with van der Waals surface area (Å²) in [5.74, 6) is 0.906. The number of nitrogens with zero attached hydrogens (tertiary/aromatic N) is 2. The number of hydrogen-bond donors (Lipinski definition) is 2. The second-order valence-electron chi connectivity index (χ2n) is 6.90. The summed E-state index contributed by atoms with van der Waals surface area (Å²) in [5, 5.41) is 8.53. The summed E-state index contributed by atoms with van der Waals surface area (Å²) in [4.78, 5) is 7.70. The first kappa shape index (κ1) is 17.7. The van der Waals surface area contributed by atoms with Gasteiger partial charge < -0.3 is 10.2 Å². The molecule has 1 aliphatic heterocycles. The molecule has 1 saturated carbocycles. The van der Waals surface area contributed by atoms with Crippen molar-refractivity contribution in [1.29, 1.82) is 0 Å². The van der Waals surface area contributed by atoms with E-state index in [1.807, 2.05) is 0 Å². The maximum Gasteiger partial charge on any atom is 0.247 e. The Morgan fingerprint density at radius 1 is 1.33 bits per heavy atom. The Bertz CT molecular complexity index is 705. The van der Waals surface area contributed by atoms with Gasteiger partial charge in [-0.2, -0.15) is 0 Å². The fourth-order valence-electron chi connectivity index (χ4n) is 3.93. The molecule has 1 saturated heterocycles. The molecule has 6 nitrogen and oxygen atoms in total. The average molecular weight is 371 g/mol. The lowest BCUT2D eigenvalue weighted by Crippen LogP contribution is -2.41. The Kier molecular flexibility index (Phi) is 5.17. The van der Waals surface area contributed by atoms with Crippen LogP contribution in [0.5, 0.6) is 0 Å². The lowest BCUT2D eigenvalue weighted by atomic mass is 9.73. The monoisotopic (exact) mass is 370 g/mol. The van der Waals surface area contributed by atoms with Gasteiger partial charge in [0.15, 0.2) is 5.96 Å². The van der Waals surface area contributed by atoms with Crippen LogP contribution in [-0.2, 0) is 16.6 Å². The van der Waals surface area contributed by atoms with Crippen molar-refractivity contribution in [2.24, 2.45) is 15.5 Å². The Morgan fingerprint density at radius 3 is 2.71 bits per heavy atom. The number of nitrogens with two attached hydrogens (primary N) is 1.